The number of pyridine rings is 1. The van der Waals surface area contributed by atoms with Gasteiger partial charge in [-0.15, -0.1) is 0 Å². The van der Waals surface area contributed by atoms with Gasteiger partial charge in [0.1, 0.15) is 11.9 Å². The molecule has 11 heavy (non-hydrogen) atoms. The van der Waals surface area contributed by atoms with E-state index < -0.39 is 0 Å². The van der Waals surface area contributed by atoms with Gasteiger partial charge in [0.25, 0.3) is 0 Å². The van der Waals surface area contributed by atoms with E-state index >= 15 is 0 Å². The van der Waals surface area contributed by atoms with Crippen LogP contribution in [0.15, 0.2) is 6.20 Å². The summed E-state index contributed by atoms with van der Waals surface area (Å²) in [5.74, 6) is 0.424. The molecule has 0 unspecified atom stereocenters. The van der Waals surface area contributed by atoms with Gasteiger partial charge in [0.05, 0.1) is 9.13 Å². The molecule has 0 aromatic carbocycles. The van der Waals surface area contributed by atoms with Gasteiger partial charge in [-0.25, -0.2) is 4.98 Å². The normalized spacial score (nSPS) is 9.18. The number of rotatable bonds is 0. The second-order valence-electron chi connectivity index (χ2n) is 2.13. The Morgan fingerprint density at radius 2 is 2.36 bits per heavy atom. The van der Waals surface area contributed by atoms with Crippen LogP contribution in [-0.4, -0.2) is 4.98 Å². The highest BCUT2D eigenvalue weighted by Gasteiger charge is 2.05. The topological polar surface area (TPSA) is 62.7 Å². The second-order valence-corrected chi connectivity index (χ2v) is 3.21. The van der Waals surface area contributed by atoms with Crippen LogP contribution in [0.25, 0.3) is 0 Å². The van der Waals surface area contributed by atoms with Crippen molar-refractivity contribution in [2.24, 2.45) is 0 Å². The Hall–Kier alpha value is -0.830. The molecule has 2 N–H and O–H groups in total. The van der Waals surface area contributed by atoms with E-state index in [4.69, 9.17) is 11.0 Å². The first kappa shape index (κ1) is 8.27. The maximum absolute atomic E-state index is 8.69. The van der Waals surface area contributed by atoms with Crippen molar-refractivity contribution in [3.8, 4) is 6.07 Å². The quantitative estimate of drug-likeness (QED) is 0.717. The predicted octanol–water partition coefficient (Wildman–Crippen LogP) is 1.45. The Morgan fingerprint density at radius 1 is 1.73 bits per heavy atom. The molecule has 56 valence electrons. The predicted molar refractivity (Wildman–Crippen MR) is 50.8 cm³/mol. The van der Waals surface area contributed by atoms with Crippen molar-refractivity contribution in [1.29, 1.82) is 5.26 Å². The molecule has 1 aromatic rings. The van der Waals surface area contributed by atoms with Crippen LogP contribution >= 0.6 is 22.6 Å². The summed E-state index contributed by atoms with van der Waals surface area (Å²) >= 11 is 2.02. The number of nitrogens with two attached hydrogens (primary N) is 1. The molecule has 0 aliphatic heterocycles. The standard InChI is InChI=1S/C7H6IN3/c1-4-3-11-7(10)6(8)5(4)2-9/h3H,1H3,(H2,10,11). The van der Waals surface area contributed by atoms with Gasteiger partial charge in [-0.3, -0.25) is 0 Å². The van der Waals surface area contributed by atoms with E-state index in [1.54, 1.807) is 6.20 Å². The van der Waals surface area contributed by atoms with Crippen molar-refractivity contribution in [3.63, 3.8) is 0 Å². The summed E-state index contributed by atoms with van der Waals surface area (Å²) in [6.07, 6.45) is 1.61. The molecule has 0 atom stereocenters. The van der Waals surface area contributed by atoms with Crippen molar-refractivity contribution < 1.29 is 0 Å². The van der Waals surface area contributed by atoms with E-state index in [9.17, 15) is 0 Å². The Balaban J connectivity index is 3.44. The first-order valence-electron chi connectivity index (χ1n) is 2.97. The van der Waals surface area contributed by atoms with Crippen molar-refractivity contribution in [1.82, 2.24) is 4.98 Å². The minimum Gasteiger partial charge on any atom is -0.383 e. The van der Waals surface area contributed by atoms with Gasteiger partial charge in [-0.2, -0.15) is 5.26 Å². The van der Waals surface area contributed by atoms with Crippen molar-refractivity contribution in [2.45, 2.75) is 6.92 Å². The van der Waals surface area contributed by atoms with Crippen molar-refractivity contribution >= 4 is 28.4 Å². The van der Waals surface area contributed by atoms with Gasteiger partial charge in [0.2, 0.25) is 0 Å². The zero-order valence-corrected chi connectivity index (χ0v) is 8.08. The molecule has 0 radical (unpaired) electrons. The molecular weight excluding hydrogens is 253 g/mol. The van der Waals surface area contributed by atoms with E-state index in [0.29, 0.717) is 11.4 Å². The smallest absolute Gasteiger partial charge is 0.138 e. The summed E-state index contributed by atoms with van der Waals surface area (Å²) in [6, 6.07) is 2.08. The average Bonchev–Trinajstić information content (AvgIpc) is 1.99. The maximum Gasteiger partial charge on any atom is 0.138 e. The SMILES string of the molecule is Cc1cnc(N)c(I)c1C#N. The Kier molecular flexibility index (Phi) is 2.29. The molecule has 0 aliphatic carbocycles. The monoisotopic (exact) mass is 259 g/mol. The average molecular weight is 259 g/mol. The highest BCUT2D eigenvalue weighted by molar-refractivity contribution is 14.1. The maximum atomic E-state index is 8.69. The van der Waals surface area contributed by atoms with Crippen LogP contribution in [0.3, 0.4) is 0 Å². The van der Waals surface area contributed by atoms with Gasteiger partial charge in [-0.1, -0.05) is 0 Å². The third-order valence-corrected chi connectivity index (χ3v) is 2.44. The number of nitrogen functional groups attached to an aromatic ring is 1. The van der Waals surface area contributed by atoms with Gasteiger partial charge in [-0.05, 0) is 35.1 Å². The molecule has 1 aromatic heterocycles. The largest absolute Gasteiger partial charge is 0.383 e. The summed E-state index contributed by atoms with van der Waals surface area (Å²) in [5.41, 5.74) is 6.99. The molecule has 4 heteroatoms. The first-order valence-corrected chi connectivity index (χ1v) is 4.05. The molecule has 0 amide bonds. The summed E-state index contributed by atoms with van der Waals surface area (Å²) in [6.45, 7) is 1.84. The lowest BCUT2D eigenvalue weighted by Crippen LogP contribution is -1.98. The van der Waals surface area contributed by atoms with Crippen molar-refractivity contribution in [2.75, 3.05) is 5.73 Å². The fourth-order valence-electron chi connectivity index (χ4n) is 0.726. The van der Waals surface area contributed by atoms with Crippen LogP contribution in [-0.2, 0) is 0 Å². The van der Waals surface area contributed by atoms with Gasteiger partial charge in [0, 0.05) is 6.20 Å². The third-order valence-electron chi connectivity index (χ3n) is 1.35. The molecule has 0 fully saturated rings. The fraction of sp³-hybridized carbons (Fsp3) is 0.143. The zero-order valence-electron chi connectivity index (χ0n) is 5.93. The lowest BCUT2D eigenvalue weighted by molar-refractivity contribution is 1.23. The first-order chi connectivity index (χ1) is 5.16. The van der Waals surface area contributed by atoms with E-state index in [1.807, 2.05) is 29.5 Å². The number of nitriles is 1. The van der Waals surface area contributed by atoms with Crippen molar-refractivity contribution in [3.05, 3.63) is 20.9 Å². The molecule has 0 aliphatic rings. The van der Waals surface area contributed by atoms with Crippen LogP contribution in [0.2, 0.25) is 0 Å². The lowest BCUT2D eigenvalue weighted by Gasteiger charge is -2.01. The van der Waals surface area contributed by atoms with Gasteiger partial charge in [0.15, 0.2) is 0 Å². The molecule has 0 spiro atoms. The van der Waals surface area contributed by atoms with E-state index in [1.165, 1.54) is 0 Å². The van der Waals surface area contributed by atoms with E-state index in [2.05, 4.69) is 11.1 Å². The molecule has 3 nitrogen and oxygen atoms in total. The van der Waals surface area contributed by atoms with Crippen LogP contribution in [0, 0.1) is 21.8 Å². The number of nitrogens with zero attached hydrogens (tertiary/aromatic N) is 2. The number of aryl methyl sites for hydroxylation is 1. The van der Waals surface area contributed by atoms with E-state index in [0.717, 1.165) is 9.13 Å². The molecule has 0 bridgehead atoms. The van der Waals surface area contributed by atoms with Gasteiger partial charge >= 0.3 is 0 Å². The van der Waals surface area contributed by atoms with Crippen LogP contribution in [0.5, 0.6) is 0 Å². The minimum atomic E-state index is 0.424. The number of hydrogen-bond donors (Lipinski definition) is 1. The third kappa shape index (κ3) is 1.43. The van der Waals surface area contributed by atoms with Gasteiger partial charge < -0.3 is 5.73 Å². The summed E-state index contributed by atoms with van der Waals surface area (Å²) in [7, 11) is 0. The lowest BCUT2D eigenvalue weighted by atomic mass is 10.2. The number of hydrogen-bond acceptors (Lipinski definition) is 3. The Morgan fingerprint density at radius 3 is 2.82 bits per heavy atom. The Labute approximate surface area is 78.4 Å². The number of anilines is 1. The molecular formula is C7H6IN3. The molecule has 0 saturated heterocycles. The van der Waals surface area contributed by atoms with Crippen LogP contribution in [0.4, 0.5) is 5.82 Å². The minimum absolute atomic E-state index is 0.424. The second kappa shape index (κ2) is 3.05. The van der Waals surface area contributed by atoms with E-state index in [-0.39, 0.29) is 0 Å². The fourth-order valence-corrected chi connectivity index (χ4v) is 1.41. The summed E-state index contributed by atoms with van der Waals surface area (Å²) < 4.78 is 0.741. The highest BCUT2D eigenvalue weighted by atomic mass is 127. The number of aromatic nitrogens is 1. The molecule has 0 saturated carbocycles. The highest BCUT2D eigenvalue weighted by Crippen LogP contribution is 2.18. The van der Waals surface area contributed by atoms with Crippen LogP contribution in [0.1, 0.15) is 11.1 Å². The summed E-state index contributed by atoms with van der Waals surface area (Å²) in [5, 5.41) is 8.69. The molecule has 1 rings (SSSR count). The zero-order chi connectivity index (χ0) is 8.43. The number of halogens is 1. The Bertz CT molecular complexity index is 327. The van der Waals surface area contributed by atoms with Crippen LogP contribution < -0.4 is 5.73 Å². The molecule has 1 heterocycles. The summed E-state index contributed by atoms with van der Waals surface area (Å²) in [4.78, 5) is 3.91.